The van der Waals surface area contributed by atoms with Gasteiger partial charge in [-0.3, -0.25) is 0 Å². The van der Waals surface area contributed by atoms with Gasteiger partial charge in [0, 0.05) is 73.3 Å². The summed E-state index contributed by atoms with van der Waals surface area (Å²) in [5, 5.41) is 8.94. The van der Waals surface area contributed by atoms with Gasteiger partial charge in [-0.15, -0.1) is 0 Å². The van der Waals surface area contributed by atoms with Gasteiger partial charge < -0.3 is 18.6 Å². The summed E-state index contributed by atoms with van der Waals surface area (Å²) in [5.74, 6) is 0. The van der Waals surface area contributed by atoms with Crippen molar-refractivity contribution in [3.63, 3.8) is 0 Å². The quantitative estimate of drug-likeness (QED) is 0.168. The summed E-state index contributed by atoms with van der Waals surface area (Å²) in [5.41, 5.74) is 17.3. The van der Waals surface area contributed by atoms with Crippen molar-refractivity contribution in [2.24, 2.45) is 0 Å². The van der Waals surface area contributed by atoms with E-state index in [1.807, 2.05) is 0 Å². The summed E-state index contributed by atoms with van der Waals surface area (Å²) >= 11 is 0. The second-order valence-corrected chi connectivity index (χ2v) is 16.6. The van der Waals surface area contributed by atoms with Gasteiger partial charge in [0.15, 0.2) is 0 Å². The van der Waals surface area contributed by atoms with Crippen molar-refractivity contribution in [3.05, 3.63) is 191 Å². The molecule has 0 unspecified atom stereocenters. The van der Waals surface area contributed by atoms with Gasteiger partial charge in [-0.2, -0.15) is 0 Å². The van der Waals surface area contributed by atoms with Crippen molar-refractivity contribution in [1.29, 1.82) is 0 Å². The minimum absolute atomic E-state index is 0.799. The molecule has 0 fully saturated rings. The number of aryl methyl sites for hydroxylation is 6. The van der Waals surface area contributed by atoms with Gasteiger partial charge in [0.25, 0.3) is 0 Å². The Morgan fingerprint density at radius 3 is 1.08 bits per heavy atom. The molecule has 0 amide bonds. The zero-order valence-corrected chi connectivity index (χ0v) is 34.7. The van der Waals surface area contributed by atoms with Crippen molar-refractivity contribution in [2.45, 2.75) is 41.5 Å². The Morgan fingerprint density at radius 1 is 0.300 bits per heavy atom. The van der Waals surface area contributed by atoms with Crippen LogP contribution in [0, 0.1) is 41.5 Å². The maximum Gasteiger partial charge on any atom is 0.139 e. The molecule has 11 rings (SSSR count). The zero-order chi connectivity index (χ0) is 40.8. The fourth-order valence-electron chi connectivity index (χ4n) is 9.08. The molecule has 0 N–H and O–H groups in total. The first kappa shape index (κ1) is 35.8. The summed E-state index contributed by atoms with van der Waals surface area (Å²) in [6.07, 6.45) is 0. The molecule has 4 nitrogen and oxygen atoms in total. The Balaban J connectivity index is 1.15. The highest BCUT2D eigenvalue weighted by Crippen LogP contribution is 2.49. The minimum Gasteiger partial charge on any atom is -0.456 e. The molecule has 11 aromatic rings. The summed E-state index contributed by atoms with van der Waals surface area (Å²) < 4.78 is 13.8. The predicted molar refractivity (Wildman–Crippen MR) is 254 cm³/mol. The summed E-state index contributed by atoms with van der Waals surface area (Å²) in [6, 6.07) is 57.3. The van der Waals surface area contributed by atoms with Crippen LogP contribution in [0.25, 0.3) is 65.4 Å². The van der Waals surface area contributed by atoms with Crippen LogP contribution >= 0.6 is 0 Å². The highest BCUT2D eigenvalue weighted by molar-refractivity contribution is 6.28. The SMILES string of the molecule is Cc1ccc(N(c2ccc(C)c(C)c2)c2cc3oc4cc5oc6cc(N(c7ccc(C)cc7)c7ccc(C)c(C)c7)c7ccccc7c6c5cc4c3c3ccccc23)cc1. The van der Waals surface area contributed by atoms with E-state index in [1.54, 1.807) is 0 Å². The Bertz CT molecular complexity index is 3270. The number of hydrogen-bond donors (Lipinski definition) is 0. The third-order valence-corrected chi connectivity index (χ3v) is 12.6. The topological polar surface area (TPSA) is 32.8 Å². The molecule has 0 bridgehead atoms. The average Bonchev–Trinajstić information content (AvgIpc) is 3.81. The summed E-state index contributed by atoms with van der Waals surface area (Å²) in [7, 11) is 0. The Morgan fingerprint density at radius 2 is 0.683 bits per heavy atom. The lowest BCUT2D eigenvalue weighted by Gasteiger charge is -2.27. The van der Waals surface area contributed by atoms with E-state index >= 15 is 0 Å². The number of benzene rings is 9. The maximum absolute atomic E-state index is 6.89. The molecule has 0 saturated heterocycles. The second kappa shape index (κ2) is 13.6. The number of fused-ring (bicyclic) bond motifs is 10. The van der Waals surface area contributed by atoms with Crippen molar-refractivity contribution >= 4 is 99.5 Å². The van der Waals surface area contributed by atoms with Crippen LogP contribution < -0.4 is 9.80 Å². The van der Waals surface area contributed by atoms with Crippen LogP contribution in [-0.2, 0) is 0 Å². The Hall–Kier alpha value is -7.30. The van der Waals surface area contributed by atoms with Gasteiger partial charge in [0.05, 0.1) is 11.4 Å². The smallest absolute Gasteiger partial charge is 0.139 e. The molecular formula is C56H44N2O2. The van der Waals surface area contributed by atoms with Crippen LogP contribution in [-0.4, -0.2) is 0 Å². The van der Waals surface area contributed by atoms with Gasteiger partial charge in [0.1, 0.15) is 22.3 Å². The lowest BCUT2D eigenvalue weighted by atomic mass is 9.98. The summed E-state index contributed by atoms with van der Waals surface area (Å²) in [6.45, 7) is 13.0. The molecule has 9 aromatic carbocycles. The molecule has 0 radical (unpaired) electrons. The van der Waals surface area contributed by atoms with Gasteiger partial charge in [-0.25, -0.2) is 0 Å². The van der Waals surface area contributed by atoms with Gasteiger partial charge in [-0.05, 0) is 129 Å². The first-order valence-electron chi connectivity index (χ1n) is 20.7. The fourth-order valence-corrected chi connectivity index (χ4v) is 9.08. The lowest BCUT2D eigenvalue weighted by molar-refractivity contribution is 0.656. The lowest BCUT2D eigenvalue weighted by Crippen LogP contribution is -2.11. The van der Waals surface area contributed by atoms with Gasteiger partial charge in [-0.1, -0.05) is 96.1 Å². The molecule has 0 saturated carbocycles. The number of anilines is 6. The fraction of sp³-hybridized carbons (Fsp3) is 0.107. The molecule has 0 atom stereocenters. The van der Waals surface area contributed by atoms with Crippen LogP contribution in [0.4, 0.5) is 34.1 Å². The van der Waals surface area contributed by atoms with E-state index in [2.05, 4.69) is 209 Å². The number of furan rings is 2. The van der Waals surface area contributed by atoms with Crippen LogP contribution in [0.5, 0.6) is 0 Å². The third-order valence-electron chi connectivity index (χ3n) is 12.6. The number of nitrogens with zero attached hydrogens (tertiary/aromatic N) is 2. The molecule has 4 heteroatoms. The Labute approximate surface area is 349 Å². The van der Waals surface area contributed by atoms with E-state index in [-0.39, 0.29) is 0 Å². The first-order valence-corrected chi connectivity index (χ1v) is 20.7. The van der Waals surface area contributed by atoms with Crippen LogP contribution in [0.1, 0.15) is 33.4 Å². The molecule has 0 aliphatic heterocycles. The normalized spacial score (nSPS) is 11.8. The van der Waals surface area contributed by atoms with Crippen molar-refractivity contribution < 1.29 is 8.83 Å². The van der Waals surface area contributed by atoms with Crippen LogP contribution in [0.3, 0.4) is 0 Å². The standard InChI is InChI=1S/C56H44N2O2/c1-33-15-21-39(22-16-33)57(41-25-19-35(3)37(5)27-41)49-30-53-55(45-13-9-7-11-43(45)49)47-29-48-52(32-51(47)59-53)60-54-31-50(44-12-8-10-14-46(44)56(48)54)58(40-23-17-34(2)18-24-40)42-26-20-36(4)38(6)28-42/h7-32H,1-6H3. The van der Waals surface area contributed by atoms with Crippen molar-refractivity contribution in [3.8, 4) is 0 Å². The van der Waals surface area contributed by atoms with Crippen LogP contribution in [0.2, 0.25) is 0 Å². The highest BCUT2D eigenvalue weighted by Gasteiger charge is 2.24. The molecule has 0 aliphatic rings. The molecular weight excluding hydrogens is 733 g/mol. The van der Waals surface area contributed by atoms with E-state index in [1.165, 1.54) is 33.4 Å². The number of rotatable bonds is 6. The maximum atomic E-state index is 6.89. The third kappa shape index (κ3) is 5.66. The van der Waals surface area contributed by atoms with Crippen molar-refractivity contribution in [2.75, 3.05) is 9.80 Å². The predicted octanol–water partition coefficient (Wildman–Crippen LogP) is 16.6. The minimum atomic E-state index is 0.799. The van der Waals surface area contributed by atoms with E-state index in [9.17, 15) is 0 Å². The van der Waals surface area contributed by atoms with E-state index in [0.29, 0.717) is 0 Å². The summed E-state index contributed by atoms with van der Waals surface area (Å²) in [4.78, 5) is 4.73. The molecule has 290 valence electrons. The molecule has 0 spiro atoms. The zero-order valence-electron chi connectivity index (χ0n) is 34.7. The van der Waals surface area contributed by atoms with Crippen molar-refractivity contribution in [1.82, 2.24) is 0 Å². The molecule has 2 heterocycles. The average molecular weight is 777 g/mol. The van der Waals surface area contributed by atoms with Gasteiger partial charge >= 0.3 is 0 Å². The van der Waals surface area contributed by atoms with Gasteiger partial charge in [0.2, 0.25) is 0 Å². The molecule has 0 aliphatic carbocycles. The molecule has 60 heavy (non-hydrogen) atoms. The largest absolute Gasteiger partial charge is 0.456 e. The first-order chi connectivity index (χ1) is 29.2. The second-order valence-electron chi connectivity index (χ2n) is 16.6. The Kier molecular flexibility index (Phi) is 8.15. The van der Waals surface area contributed by atoms with E-state index in [4.69, 9.17) is 8.83 Å². The highest BCUT2D eigenvalue weighted by atomic mass is 16.3. The molecule has 2 aromatic heterocycles. The number of hydrogen-bond acceptors (Lipinski definition) is 4. The monoisotopic (exact) mass is 776 g/mol. The van der Waals surface area contributed by atoms with E-state index in [0.717, 1.165) is 99.5 Å². The van der Waals surface area contributed by atoms with Crippen LogP contribution in [0.15, 0.2) is 167 Å². The van der Waals surface area contributed by atoms with E-state index < -0.39 is 0 Å².